The fourth-order valence-electron chi connectivity index (χ4n) is 4.73. The maximum atomic E-state index is 13.0. The molecule has 290 valence electrons. The van der Waals surface area contributed by atoms with Gasteiger partial charge in [-0.2, -0.15) is 13.2 Å². The van der Waals surface area contributed by atoms with E-state index in [2.05, 4.69) is 12.2 Å². The van der Waals surface area contributed by atoms with Crippen LogP contribution in [0.15, 0.2) is 48.5 Å². The van der Waals surface area contributed by atoms with E-state index in [1.54, 1.807) is 18.2 Å². The lowest BCUT2D eigenvalue weighted by Gasteiger charge is -2.13. The molecule has 0 radical (unpaired) electrons. The number of esters is 1. The van der Waals surface area contributed by atoms with Crippen molar-refractivity contribution in [2.75, 3.05) is 104 Å². The van der Waals surface area contributed by atoms with E-state index in [0.29, 0.717) is 85.0 Å². The lowest BCUT2D eigenvalue weighted by atomic mass is 10.1. The normalized spacial score (nSPS) is 11.6. The van der Waals surface area contributed by atoms with Gasteiger partial charge in [-0.1, -0.05) is 70.1 Å². The lowest BCUT2D eigenvalue weighted by Crippen LogP contribution is -2.15. The molecule has 0 aliphatic heterocycles. The molecule has 2 aromatic rings. The van der Waals surface area contributed by atoms with E-state index >= 15 is 0 Å². The van der Waals surface area contributed by atoms with Crippen LogP contribution in [-0.2, 0) is 44.1 Å². The zero-order chi connectivity index (χ0) is 36.7. The Morgan fingerprint density at radius 2 is 1.00 bits per heavy atom. The maximum Gasteiger partial charge on any atom is 0.416 e. The molecule has 0 fully saturated rings. The van der Waals surface area contributed by atoms with Crippen LogP contribution in [0, 0.1) is 0 Å². The summed E-state index contributed by atoms with van der Waals surface area (Å²) in [7, 11) is 0. The van der Waals surface area contributed by atoms with Crippen molar-refractivity contribution in [2.45, 2.75) is 64.5 Å². The summed E-state index contributed by atoms with van der Waals surface area (Å²) in [5.41, 5.74) is -0.0658. The van der Waals surface area contributed by atoms with Crippen molar-refractivity contribution >= 4 is 17.3 Å². The fraction of sp³-hybridized carbons (Fsp3) is 0.658. The second kappa shape index (κ2) is 29.8. The van der Waals surface area contributed by atoms with E-state index in [0.717, 1.165) is 25.2 Å². The monoisotopic (exact) mass is 729 g/mol. The molecule has 0 aliphatic carbocycles. The number of carbonyl (C=O) groups excluding carboxylic acids is 1. The van der Waals surface area contributed by atoms with Crippen LogP contribution < -0.4 is 5.32 Å². The first-order chi connectivity index (χ1) is 24.9. The predicted molar refractivity (Wildman–Crippen MR) is 190 cm³/mol. The van der Waals surface area contributed by atoms with Crippen LogP contribution in [-0.4, -0.2) is 105 Å². The number of hydrogen-bond acceptors (Lipinski definition) is 10. The highest BCUT2D eigenvalue weighted by atomic mass is 19.4. The minimum Gasteiger partial charge on any atom is -0.460 e. The van der Waals surface area contributed by atoms with Crippen LogP contribution in [0.4, 0.5) is 24.5 Å². The van der Waals surface area contributed by atoms with Gasteiger partial charge in [0.05, 0.1) is 103 Å². The molecule has 2 aromatic carbocycles. The first-order valence-corrected chi connectivity index (χ1v) is 18.2. The molecule has 0 amide bonds. The third-order valence-corrected chi connectivity index (χ3v) is 7.45. The summed E-state index contributed by atoms with van der Waals surface area (Å²) in [5, 5.41) is 2.86. The number of para-hydroxylation sites is 1. The molecule has 2 rings (SSSR count). The van der Waals surface area contributed by atoms with Crippen LogP contribution in [0.5, 0.6) is 0 Å². The fourth-order valence-corrected chi connectivity index (χ4v) is 4.73. The largest absolute Gasteiger partial charge is 0.460 e. The highest BCUT2D eigenvalue weighted by Gasteiger charge is 2.30. The van der Waals surface area contributed by atoms with Crippen molar-refractivity contribution in [1.29, 1.82) is 0 Å². The van der Waals surface area contributed by atoms with Crippen LogP contribution in [0.2, 0.25) is 0 Å². The Bertz CT molecular complexity index is 1140. The summed E-state index contributed by atoms with van der Waals surface area (Å²) in [6, 6.07) is 11.2. The molecular weight excluding hydrogens is 671 g/mol. The summed E-state index contributed by atoms with van der Waals surface area (Å²) in [5.74, 6) is -0.621. The Balaban J connectivity index is 1.32. The average Bonchev–Trinajstić information content (AvgIpc) is 3.12. The SMILES string of the molecule is CCCCCCCCCCOCCOCCOCCOCCOCCOCCOCCOC(=O)c1ccccc1Nc1cccc(C(F)(F)F)c1. The van der Waals surface area contributed by atoms with Gasteiger partial charge in [0.25, 0.3) is 0 Å². The number of hydrogen-bond donors (Lipinski definition) is 1. The molecule has 0 atom stereocenters. The quantitative estimate of drug-likeness (QED) is 0.0577. The molecule has 0 bridgehead atoms. The molecule has 1 N–H and O–H groups in total. The van der Waals surface area contributed by atoms with Crippen molar-refractivity contribution in [3.63, 3.8) is 0 Å². The second-order valence-corrected chi connectivity index (χ2v) is 11.6. The van der Waals surface area contributed by atoms with Crippen molar-refractivity contribution in [3.8, 4) is 0 Å². The third kappa shape index (κ3) is 23.4. The average molecular weight is 730 g/mol. The van der Waals surface area contributed by atoms with Crippen LogP contribution in [0.3, 0.4) is 0 Å². The maximum absolute atomic E-state index is 13.0. The van der Waals surface area contributed by atoms with Gasteiger partial charge in [-0.05, 0) is 36.8 Å². The molecule has 0 heterocycles. The summed E-state index contributed by atoms with van der Waals surface area (Å²) < 4.78 is 82.9. The van der Waals surface area contributed by atoms with E-state index in [1.165, 1.54) is 63.1 Å². The van der Waals surface area contributed by atoms with Gasteiger partial charge in [-0.3, -0.25) is 0 Å². The zero-order valence-corrected chi connectivity index (χ0v) is 30.2. The smallest absolute Gasteiger partial charge is 0.416 e. The highest BCUT2D eigenvalue weighted by Crippen LogP contribution is 2.32. The van der Waals surface area contributed by atoms with Crippen LogP contribution in [0.25, 0.3) is 0 Å². The van der Waals surface area contributed by atoms with Crippen molar-refractivity contribution in [2.24, 2.45) is 0 Å². The van der Waals surface area contributed by atoms with Gasteiger partial charge in [-0.25, -0.2) is 4.79 Å². The number of ether oxygens (including phenoxy) is 8. The third-order valence-electron chi connectivity index (χ3n) is 7.45. The van der Waals surface area contributed by atoms with E-state index in [-0.39, 0.29) is 24.5 Å². The Labute approximate surface area is 301 Å². The van der Waals surface area contributed by atoms with Gasteiger partial charge in [-0.15, -0.1) is 0 Å². The van der Waals surface area contributed by atoms with Crippen molar-refractivity contribution in [1.82, 2.24) is 0 Å². The van der Waals surface area contributed by atoms with Gasteiger partial charge in [0.2, 0.25) is 0 Å². The highest BCUT2D eigenvalue weighted by molar-refractivity contribution is 5.96. The van der Waals surface area contributed by atoms with Gasteiger partial charge >= 0.3 is 12.1 Å². The topological polar surface area (TPSA) is 103 Å². The number of nitrogens with one attached hydrogen (secondary N) is 1. The second-order valence-electron chi connectivity index (χ2n) is 11.6. The zero-order valence-electron chi connectivity index (χ0n) is 30.2. The summed E-state index contributed by atoms with van der Waals surface area (Å²) in [6.07, 6.45) is 5.91. The number of carbonyl (C=O) groups is 1. The standard InChI is InChI=1S/C38H58F3NO9/c1-2-3-4-5-6-7-8-11-17-44-18-19-45-20-21-46-22-23-47-24-25-48-26-27-49-28-29-50-30-31-51-37(43)35-15-9-10-16-36(35)42-34-14-12-13-33(32-34)38(39,40)41/h9-10,12-16,32,42H,2-8,11,17-31H2,1H3. The molecule has 51 heavy (non-hydrogen) atoms. The number of alkyl halides is 3. The number of benzene rings is 2. The van der Waals surface area contributed by atoms with Crippen LogP contribution in [0.1, 0.15) is 74.2 Å². The molecule has 0 saturated heterocycles. The molecule has 0 unspecified atom stereocenters. The predicted octanol–water partition coefficient (Wildman–Crippen LogP) is 7.86. The minimum atomic E-state index is -4.47. The van der Waals surface area contributed by atoms with Gasteiger partial charge < -0.3 is 43.2 Å². The molecule has 13 heteroatoms. The van der Waals surface area contributed by atoms with E-state index < -0.39 is 17.7 Å². The molecule has 0 saturated carbocycles. The van der Waals surface area contributed by atoms with Crippen molar-refractivity contribution < 1.29 is 55.9 Å². The summed E-state index contributed by atoms with van der Waals surface area (Å²) in [4.78, 5) is 12.6. The number of rotatable bonds is 33. The Kier molecular flexibility index (Phi) is 25.9. The molecular formula is C38H58F3NO9. The molecule has 0 aromatic heterocycles. The molecule has 0 spiro atoms. The Morgan fingerprint density at radius 3 is 1.51 bits per heavy atom. The van der Waals surface area contributed by atoms with Crippen molar-refractivity contribution in [3.05, 3.63) is 59.7 Å². The minimum absolute atomic E-state index is 0.00750. The number of anilines is 2. The van der Waals surface area contributed by atoms with Gasteiger partial charge in [0, 0.05) is 12.3 Å². The first-order valence-electron chi connectivity index (χ1n) is 18.2. The number of unbranched alkanes of at least 4 members (excludes halogenated alkanes) is 7. The Hall–Kier alpha value is -2.78. The molecule has 10 nitrogen and oxygen atoms in total. The van der Waals surface area contributed by atoms with E-state index in [4.69, 9.17) is 37.9 Å². The number of halogens is 3. The van der Waals surface area contributed by atoms with Crippen LogP contribution >= 0.6 is 0 Å². The van der Waals surface area contributed by atoms with E-state index in [9.17, 15) is 18.0 Å². The first kappa shape index (κ1) is 44.4. The molecule has 0 aliphatic rings. The van der Waals surface area contributed by atoms with Gasteiger partial charge in [0.15, 0.2) is 0 Å². The Morgan fingerprint density at radius 1 is 0.549 bits per heavy atom. The summed E-state index contributed by atoms with van der Waals surface area (Å²) in [6.45, 7) is 8.86. The van der Waals surface area contributed by atoms with Gasteiger partial charge in [0.1, 0.15) is 6.61 Å². The van der Waals surface area contributed by atoms with E-state index in [1.807, 2.05) is 0 Å². The summed E-state index contributed by atoms with van der Waals surface area (Å²) >= 11 is 0. The lowest BCUT2D eigenvalue weighted by molar-refractivity contribution is -0.137.